The monoisotopic (exact) mass is 425 g/mol. The van der Waals surface area contributed by atoms with Crippen molar-refractivity contribution >= 4 is 21.8 Å². The van der Waals surface area contributed by atoms with Crippen LogP contribution in [0.2, 0.25) is 0 Å². The van der Waals surface area contributed by atoms with Crippen LogP contribution < -0.4 is 5.32 Å². The molecule has 0 aliphatic rings. The van der Waals surface area contributed by atoms with Crippen molar-refractivity contribution in [2.75, 3.05) is 5.32 Å². The summed E-state index contributed by atoms with van der Waals surface area (Å²) >= 11 is 3.16. The highest BCUT2D eigenvalue weighted by atomic mass is 79.9. The molecule has 9 heteroatoms. The molecule has 5 nitrogen and oxygen atoms in total. The van der Waals surface area contributed by atoms with E-state index in [0.29, 0.717) is 16.0 Å². The molecule has 2 heterocycles. The third-order valence-electron chi connectivity index (χ3n) is 3.58. The predicted octanol–water partition coefficient (Wildman–Crippen LogP) is 5.76. The van der Waals surface area contributed by atoms with Crippen molar-refractivity contribution < 1.29 is 22.0 Å². The van der Waals surface area contributed by atoms with E-state index in [1.165, 1.54) is 6.07 Å². The molecule has 0 saturated heterocycles. The van der Waals surface area contributed by atoms with E-state index in [4.69, 9.17) is 8.83 Å². The Balaban J connectivity index is 1.87. The number of halogens is 4. The summed E-state index contributed by atoms with van der Waals surface area (Å²) in [4.78, 5) is 4.03. The molecule has 2 aromatic heterocycles. The van der Waals surface area contributed by atoms with Gasteiger partial charge in [-0.05, 0) is 52.7 Å². The fourth-order valence-electron chi connectivity index (χ4n) is 2.29. The molecule has 0 spiro atoms. The Bertz CT molecular complexity index is 972. The van der Waals surface area contributed by atoms with Crippen LogP contribution in [-0.4, -0.2) is 4.98 Å². The van der Waals surface area contributed by atoms with E-state index in [-0.39, 0.29) is 17.5 Å². The number of nitrogens with one attached hydrogen (secondary N) is 1. The second kappa shape index (κ2) is 6.88. The van der Waals surface area contributed by atoms with E-state index in [1.54, 1.807) is 25.1 Å². The molecule has 0 fully saturated rings. The summed E-state index contributed by atoms with van der Waals surface area (Å²) in [5.41, 5.74) is -0.378. The summed E-state index contributed by atoms with van der Waals surface area (Å²) in [6.07, 6.45) is -4.43. The van der Waals surface area contributed by atoms with E-state index in [9.17, 15) is 18.4 Å². The van der Waals surface area contributed by atoms with Crippen LogP contribution in [0.15, 0.2) is 49.9 Å². The topological polar surface area (TPSA) is 75.0 Å². The molecular formula is C17H11BrF3N3O2. The number of hydrogen-bond acceptors (Lipinski definition) is 5. The van der Waals surface area contributed by atoms with Gasteiger partial charge in [-0.15, -0.1) is 0 Å². The van der Waals surface area contributed by atoms with Gasteiger partial charge in [-0.2, -0.15) is 23.4 Å². The van der Waals surface area contributed by atoms with Crippen LogP contribution in [0.4, 0.5) is 19.1 Å². The van der Waals surface area contributed by atoms with Gasteiger partial charge in [-0.3, -0.25) is 0 Å². The van der Waals surface area contributed by atoms with Gasteiger partial charge in [0.15, 0.2) is 10.4 Å². The van der Waals surface area contributed by atoms with Crippen molar-refractivity contribution in [1.82, 2.24) is 4.98 Å². The molecule has 0 aliphatic heterocycles. The first-order valence-electron chi connectivity index (χ1n) is 7.38. The Hall–Kier alpha value is -2.73. The summed E-state index contributed by atoms with van der Waals surface area (Å²) in [7, 11) is 0. The predicted molar refractivity (Wildman–Crippen MR) is 90.1 cm³/mol. The molecule has 26 heavy (non-hydrogen) atoms. The number of nitriles is 1. The van der Waals surface area contributed by atoms with Crippen molar-refractivity contribution in [2.24, 2.45) is 0 Å². The van der Waals surface area contributed by atoms with Crippen LogP contribution in [0, 0.1) is 11.3 Å². The van der Waals surface area contributed by atoms with E-state index in [0.717, 1.165) is 12.1 Å². The number of oxazole rings is 1. The van der Waals surface area contributed by atoms with Crippen LogP contribution in [0.5, 0.6) is 0 Å². The first-order valence-corrected chi connectivity index (χ1v) is 8.17. The number of hydrogen-bond donors (Lipinski definition) is 1. The van der Waals surface area contributed by atoms with E-state index < -0.39 is 17.8 Å². The molecule has 3 rings (SSSR count). The molecule has 1 aromatic carbocycles. The Morgan fingerprint density at radius 3 is 2.62 bits per heavy atom. The quantitative estimate of drug-likeness (QED) is 0.574. The largest absolute Gasteiger partial charge is 0.444 e. The zero-order valence-corrected chi connectivity index (χ0v) is 14.9. The number of nitrogens with zero attached hydrogens (tertiary/aromatic N) is 2. The second-order valence-corrected chi connectivity index (χ2v) is 6.18. The Morgan fingerprint density at radius 2 is 2.00 bits per heavy atom. The van der Waals surface area contributed by atoms with Gasteiger partial charge in [0.05, 0.1) is 11.6 Å². The lowest BCUT2D eigenvalue weighted by Crippen LogP contribution is -2.10. The van der Waals surface area contributed by atoms with Gasteiger partial charge in [0, 0.05) is 0 Å². The van der Waals surface area contributed by atoms with Gasteiger partial charge < -0.3 is 14.2 Å². The van der Waals surface area contributed by atoms with Crippen LogP contribution >= 0.6 is 15.9 Å². The molecule has 0 radical (unpaired) electrons. The van der Waals surface area contributed by atoms with Crippen molar-refractivity contribution in [3.8, 4) is 17.7 Å². The van der Waals surface area contributed by atoms with Gasteiger partial charge in [-0.1, -0.05) is 12.1 Å². The molecule has 1 N–H and O–H groups in total. The summed E-state index contributed by atoms with van der Waals surface area (Å²) in [6, 6.07) is 9.51. The average Bonchev–Trinajstić information content (AvgIpc) is 3.20. The molecule has 0 amide bonds. The van der Waals surface area contributed by atoms with Crippen molar-refractivity contribution in [1.29, 1.82) is 5.26 Å². The lowest BCUT2D eigenvalue weighted by Gasteiger charge is -2.15. The van der Waals surface area contributed by atoms with Crippen molar-refractivity contribution in [3.05, 3.63) is 57.9 Å². The Labute approximate surface area is 154 Å². The van der Waals surface area contributed by atoms with E-state index in [2.05, 4.69) is 26.2 Å². The summed E-state index contributed by atoms with van der Waals surface area (Å²) in [5, 5.41) is 12.1. The second-order valence-electron chi connectivity index (χ2n) is 5.40. The minimum absolute atomic E-state index is 0.0219. The fraction of sp³-hybridized carbons (Fsp3) is 0.176. The third kappa shape index (κ3) is 3.75. The fourth-order valence-corrected chi connectivity index (χ4v) is 2.60. The van der Waals surface area contributed by atoms with Crippen LogP contribution in [0.3, 0.4) is 0 Å². The Morgan fingerprint density at radius 1 is 1.23 bits per heavy atom. The molecular weight excluding hydrogens is 415 g/mol. The summed E-state index contributed by atoms with van der Waals surface area (Å²) < 4.78 is 49.9. The number of aromatic nitrogens is 1. The van der Waals surface area contributed by atoms with Crippen molar-refractivity contribution in [2.45, 2.75) is 19.1 Å². The smallest absolute Gasteiger partial charge is 0.416 e. The molecule has 0 bridgehead atoms. The minimum Gasteiger partial charge on any atom is -0.444 e. The average molecular weight is 426 g/mol. The lowest BCUT2D eigenvalue weighted by atomic mass is 10.0. The zero-order valence-electron chi connectivity index (χ0n) is 13.3. The first-order chi connectivity index (χ1) is 12.3. The van der Waals surface area contributed by atoms with Crippen LogP contribution in [0.25, 0.3) is 11.7 Å². The van der Waals surface area contributed by atoms with Gasteiger partial charge in [0.1, 0.15) is 6.07 Å². The number of alkyl halides is 3. The maximum Gasteiger partial charge on any atom is 0.416 e. The summed E-state index contributed by atoms with van der Waals surface area (Å²) in [6.45, 7) is 1.66. The maximum atomic E-state index is 12.9. The Kier molecular flexibility index (Phi) is 4.78. The van der Waals surface area contributed by atoms with Crippen molar-refractivity contribution in [3.63, 3.8) is 0 Å². The number of furan rings is 1. The van der Waals surface area contributed by atoms with Gasteiger partial charge in [0.2, 0.25) is 11.6 Å². The minimum atomic E-state index is -4.43. The van der Waals surface area contributed by atoms with Gasteiger partial charge in [0.25, 0.3) is 5.89 Å². The van der Waals surface area contributed by atoms with Crippen LogP contribution in [-0.2, 0) is 6.18 Å². The third-order valence-corrected chi connectivity index (χ3v) is 4.00. The highest BCUT2D eigenvalue weighted by Crippen LogP contribution is 2.33. The lowest BCUT2D eigenvalue weighted by molar-refractivity contribution is -0.137. The van der Waals surface area contributed by atoms with Crippen LogP contribution in [0.1, 0.15) is 29.8 Å². The SMILES string of the molecule is CC(Nc1oc(-c2ccc(Br)o2)nc1C#N)c1cccc(C(F)(F)F)c1. The highest BCUT2D eigenvalue weighted by Gasteiger charge is 2.31. The molecule has 0 saturated carbocycles. The molecule has 3 aromatic rings. The normalized spacial score (nSPS) is 12.6. The molecule has 134 valence electrons. The number of anilines is 1. The molecule has 0 aliphatic carbocycles. The van der Waals surface area contributed by atoms with Gasteiger partial charge >= 0.3 is 6.18 Å². The highest BCUT2D eigenvalue weighted by molar-refractivity contribution is 9.10. The molecule has 1 unspecified atom stereocenters. The first kappa shape index (κ1) is 18.1. The zero-order chi connectivity index (χ0) is 18.9. The van der Waals surface area contributed by atoms with Gasteiger partial charge in [-0.25, -0.2) is 0 Å². The van der Waals surface area contributed by atoms with E-state index >= 15 is 0 Å². The number of rotatable bonds is 4. The molecule has 1 atom stereocenters. The number of benzene rings is 1. The van der Waals surface area contributed by atoms with E-state index in [1.807, 2.05) is 6.07 Å². The maximum absolute atomic E-state index is 12.9. The standard InChI is InChI=1S/C17H11BrF3N3O2/c1-9(10-3-2-4-11(7-10)17(19,20)21)23-15-12(8-22)24-16(26-15)13-5-6-14(18)25-13/h2-7,9,23H,1H3. The summed E-state index contributed by atoms with van der Waals surface area (Å²) in [5.74, 6) is 0.457.